The minimum Gasteiger partial charge on any atom is -0.327 e. The van der Waals surface area contributed by atoms with Crippen LogP contribution in [0.3, 0.4) is 0 Å². The topological polar surface area (TPSA) is 17.8 Å². The molecule has 0 aliphatic rings. The van der Waals surface area contributed by atoms with Crippen molar-refractivity contribution in [3.63, 3.8) is 0 Å². The molecule has 1 heterocycles. The molecule has 0 spiro atoms. The zero-order chi connectivity index (χ0) is 19.0. The summed E-state index contributed by atoms with van der Waals surface area (Å²) in [5.74, 6) is 0.351. The molecular weight excluding hydrogens is 376 g/mol. The lowest BCUT2D eigenvalue weighted by atomic mass is 9.88. The van der Waals surface area contributed by atoms with Crippen LogP contribution in [0.2, 0.25) is 0 Å². The molecule has 0 radical (unpaired) electrons. The molecular formula is C26H25ClN2. The van der Waals surface area contributed by atoms with E-state index < -0.39 is 0 Å². The second-order valence-electron chi connectivity index (χ2n) is 6.94. The molecule has 1 aromatic heterocycles. The summed E-state index contributed by atoms with van der Waals surface area (Å²) in [6.45, 7) is 0.835. The smallest absolute Gasteiger partial charge is 0.0953 e. The van der Waals surface area contributed by atoms with E-state index in [2.05, 4.69) is 107 Å². The SMILES string of the molecule is C(=C\c1cncn1Cc1ccccc1)/CC(c1ccccc1)c1ccccc1.Cl. The summed E-state index contributed by atoms with van der Waals surface area (Å²) >= 11 is 0. The minimum absolute atomic E-state index is 0. The lowest BCUT2D eigenvalue weighted by Crippen LogP contribution is -2.01. The molecule has 29 heavy (non-hydrogen) atoms. The van der Waals surface area contributed by atoms with Crippen LogP contribution >= 0.6 is 12.4 Å². The molecule has 0 saturated heterocycles. The van der Waals surface area contributed by atoms with E-state index >= 15 is 0 Å². The Balaban J connectivity index is 0.00000240. The highest BCUT2D eigenvalue weighted by Crippen LogP contribution is 2.28. The summed E-state index contributed by atoms with van der Waals surface area (Å²) in [6, 6.07) is 32.0. The fourth-order valence-corrected chi connectivity index (χ4v) is 3.54. The predicted octanol–water partition coefficient (Wildman–Crippen LogP) is 6.59. The van der Waals surface area contributed by atoms with E-state index in [9.17, 15) is 0 Å². The molecule has 0 atom stereocenters. The van der Waals surface area contributed by atoms with Gasteiger partial charge in [-0.2, -0.15) is 0 Å². The van der Waals surface area contributed by atoms with Gasteiger partial charge in [-0.15, -0.1) is 12.4 Å². The van der Waals surface area contributed by atoms with Gasteiger partial charge in [0.2, 0.25) is 0 Å². The van der Waals surface area contributed by atoms with Crippen molar-refractivity contribution in [1.29, 1.82) is 0 Å². The Hall–Kier alpha value is -3.10. The Labute approximate surface area is 179 Å². The van der Waals surface area contributed by atoms with E-state index in [1.807, 2.05) is 18.6 Å². The van der Waals surface area contributed by atoms with Crippen molar-refractivity contribution in [1.82, 2.24) is 9.55 Å². The van der Waals surface area contributed by atoms with Gasteiger partial charge in [0.25, 0.3) is 0 Å². The molecule has 3 heteroatoms. The maximum absolute atomic E-state index is 4.34. The molecule has 0 aliphatic carbocycles. The van der Waals surface area contributed by atoms with Gasteiger partial charge in [-0.1, -0.05) is 97.1 Å². The average molecular weight is 401 g/mol. The van der Waals surface area contributed by atoms with Gasteiger partial charge in [-0.05, 0) is 29.2 Å². The van der Waals surface area contributed by atoms with E-state index in [0.29, 0.717) is 5.92 Å². The summed E-state index contributed by atoms with van der Waals surface area (Å²) in [7, 11) is 0. The number of imidazole rings is 1. The third-order valence-corrected chi connectivity index (χ3v) is 5.00. The largest absolute Gasteiger partial charge is 0.327 e. The number of halogens is 1. The Bertz CT molecular complexity index is 969. The molecule has 0 saturated carbocycles. The Morgan fingerprint density at radius 2 is 1.31 bits per heavy atom. The summed E-state index contributed by atoms with van der Waals surface area (Å²) in [6.07, 6.45) is 9.24. The summed E-state index contributed by atoms with van der Waals surface area (Å²) in [5.41, 5.74) is 5.10. The van der Waals surface area contributed by atoms with Gasteiger partial charge >= 0.3 is 0 Å². The van der Waals surface area contributed by atoms with Crippen LogP contribution < -0.4 is 0 Å². The standard InChI is InChI=1S/C26H24N2.ClH/c1-4-11-22(12-5-1)20-28-21-27-19-25(28)17-10-18-26(23-13-6-2-7-14-23)24-15-8-3-9-16-24;/h1-17,19,21,26H,18,20H2;1H/b17-10+;. The van der Waals surface area contributed by atoms with Crippen LogP contribution in [0, 0.1) is 0 Å². The molecule has 4 aromatic rings. The summed E-state index contributed by atoms with van der Waals surface area (Å²) < 4.78 is 2.19. The highest BCUT2D eigenvalue weighted by molar-refractivity contribution is 5.85. The molecule has 0 bridgehead atoms. The third-order valence-electron chi connectivity index (χ3n) is 5.00. The van der Waals surface area contributed by atoms with Crippen LogP contribution in [0.1, 0.15) is 34.7 Å². The maximum Gasteiger partial charge on any atom is 0.0953 e. The Morgan fingerprint density at radius 1 is 0.759 bits per heavy atom. The molecule has 2 nitrogen and oxygen atoms in total. The van der Waals surface area contributed by atoms with Crippen molar-refractivity contribution in [2.75, 3.05) is 0 Å². The quantitative estimate of drug-likeness (QED) is 0.342. The molecule has 4 rings (SSSR count). The van der Waals surface area contributed by atoms with E-state index in [1.54, 1.807) is 0 Å². The van der Waals surface area contributed by atoms with Crippen LogP contribution in [0.15, 0.2) is 110 Å². The maximum atomic E-state index is 4.34. The van der Waals surface area contributed by atoms with Crippen molar-refractivity contribution in [3.05, 3.63) is 132 Å². The number of hydrogen-bond donors (Lipinski definition) is 0. The number of benzene rings is 3. The molecule has 3 aromatic carbocycles. The first-order valence-electron chi connectivity index (χ1n) is 9.70. The first-order chi connectivity index (χ1) is 13.9. The second-order valence-corrected chi connectivity index (χ2v) is 6.94. The Morgan fingerprint density at radius 3 is 1.90 bits per heavy atom. The normalized spacial score (nSPS) is 10.9. The van der Waals surface area contributed by atoms with E-state index in [4.69, 9.17) is 0 Å². The van der Waals surface area contributed by atoms with Gasteiger partial charge in [0.05, 0.1) is 18.2 Å². The number of hydrogen-bond acceptors (Lipinski definition) is 1. The average Bonchev–Trinajstić information content (AvgIpc) is 3.20. The molecule has 0 unspecified atom stereocenters. The van der Waals surface area contributed by atoms with Gasteiger partial charge in [0.15, 0.2) is 0 Å². The van der Waals surface area contributed by atoms with E-state index in [0.717, 1.165) is 18.7 Å². The molecule has 0 fully saturated rings. The van der Waals surface area contributed by atoms with Gasteiger partial charge in [-0.25, -0.2) is 4.98 Å². The summed E-state index contributed by atoms with van der Waals surface area (Å²) in [5, 5.41) is 0. The number of rotatable bonds is 7. The highest BCUT2D eigenvalue weighted by atomic mass is 35.5. The Kier molecular flexibility index (Phi) is 7.43. The monoisotopic (exact) mass is 400 g/mol. The predicted molar refractivity (Wildman–Crippen MR) is 123 cm³/mol. The van der Waals surface area contributed by atoms with E-state index in [-0.39, 0.29) is 12.4 Å². The number of aromatic nitrogens is 2. The van der Waals surface area contributed by atoms with Crippen molar-refractivity contribution >= 4 is 18.5 Å². The molecule has 0 N–H and O–H groups in total. The zero-order valence-corrected chi connectivity index (χ0v) is 17.1. The van der Waals surface area contributed by atoms with Gasteiger partial charge in [0.1, 0.15) is 0 Å². The van der Waals surface area contributed by atoms with Gasteiger partial charge in [0, 0.05) is 12.5 Å². The summed E-state index contributed by atoms with van der Waals surface area (Å²) in [4.78, 5) is 4.34. The third kappa shape index (κ3) is 5.46. The zero-order valence-electron chi connectivity index (χ0n) is 16.3. The lowest BCUT2D eigenvalue weighted by molar-refractivity contribution is 0.787. The molecule has 146 valence electrons. The highest BCUT2D eigenvalue weighted by Gasteiger charge is 2.12. The number of allylic oxidation sites excluding steroid dienone is 1. The van der Waals surface area contributed by atoms with Gasteiger partial charge in [-0.3, -0.25) is 0 Å². The number of nitrogens with zero attached hydrogens (tertiary/aromatic N) is 2. The van der Waals surface area contributed by atoms with E-state index in [1.165, 1.54) is 16.7 Å². The van der Waals surface area contributed by atoms with Crippen LogP contribution in [0.4, 0.5) is 0 Å². The fraction of sp³-hybridized carbons (Fsp3) is 0.115. The minimum atomic E-state index is 0. The molecule has 0 amide bonds. The van der Waals surface area contributed by atoms with Crippen molar-refractivity contribution in [2.24, 2.45) is 0 Å². The van der Waals surface area contributed by atoms with Crippen LogP contribution in [0.5, 0.6) is 0 Å². The van der Waals surface area contributed by atoms with Gasteiger partial charge < -0.3 is 4.57 Å². The van der Waals surface area contributed by atoms with Crippen molar-refractivity contribution in [3.8, 4) is 0 Å². The van der Waals surface area contributed by atoms with Crippen molar-refractivity contribution in [2.45, 2.75) is 18.9 Å². The van der Waals surface area contributed by atoms with Crippen LogP contribution in [-0.2, 0) is 6.54 Å². The van der Waals surface area contributed by atoms with Crippen molar-refractivity contribution < 1.29 is 0 Å². The van der Waals surface area contributed by atoms with Crippen LogP contribution in [0.25, 0.3) is 6.08 Å². The fourth-order valence-electron chi connectivity index (χ4n) is 3.54. The van der Waals surface area contributed by atoms with Crippen LogP contribution in [-0.4, -0.2) is 9.55 Å². The lowest BCUT2D eigenvalue weighted by Gasteiger charge is -2.16. The second kappa shape index (κ2) is 10.4. The first-order valence-corrected chi connectivity index (χ1v) is 9.70. The first kappa shape index (κ1) is 20.6. The molecule has 0 aliphatic heterocycles.